The van der Waals surface area contributed by atoms with Crippen molar-refractivity contribution in [3.8, 4) is 5.75 Å². The Labute approximate surface area is 118 Å². The van der Waals surface area contributed by atoms with Gasteiger partial charge in [-0.3, -0.25) is 0 Å². The number of rotatable bonds is 4. The van der Waals surface area contributed by atoms with Crippen LogP contribution in [0.5, 0.6) is 5.75 Å². The summed E-state index contributed by atoms with van der Waals surface area (Å²) in [7, 11) is 0.614. The minimum absolute atomic E-state index is 0.0478. The molecule has 0 spiro atoms. The van der Waals surface area contributed by atoms with Gasteiger partial charge in [-0.25, -0.2) is 13.2 Å². The lowest BCUT2D eigenvalue weighted by atomic mass is 10.2. The summed E-state index contributed by atoms with van der Waals surface area (Å²) in [6.07, 6.45) is 0. The van der Waals surface area contributed by atoms with Crippen molar-refractivity contribution in [3.63, 3.8) is 0 Å². The van der Waals surface area contributed by atoms with Crippen LogP contribution < -0.4 is 4.43 Å². The second-order valence-corrected chi connectivity index (χ2v) is 11.8. The Morgan fingerprint density at radius 2 is 1.84 bits per heavy atom. The van der Waals surface area contributed by atoms with Crippen LogP contribution in [-0.4, -0.2) is 29.8 Å². The fraction of sp³-hybridized carbons (Fsp3) is 0.364. The molecule has 0 saturated heterocycles. The van der Waals surface area contributed by atoms with Crippen LogP contribution in [0.3, 0.4) is 0 Å². The highest BCUT2D eigenvalue weighted by Gasteiger charge is 2.23. The van der Waals surface area contributed by atoms with Crippen LogP contribution in [0.1, 0.15) is 10.4 Å². The van der Waals surface area contributed by atoms with Gasteiger partial charge in [0.15, 0.2) is 0 Å². The van der Waals surface area contributed by atoms with E-state index in [0.717, 1.165) is 6.07 Å². The Morgan fingerprint density at radius 3 is 2.26 bits per heavy atom. The molecular weight excluding hydrogens is 308 g/mol. The summed E-state index contributed by atoms with van der Waals surface area (Å²) in [5, 5.41) is 0. The summed E-state index contributed by atoms with van der Waals surface area (Å²) >= 11 is 0. The zero-order valence-electron chi connectivity index (χ0n) is 11.1. The van der Waals surface area contributed by atoms with E-state index in [1.807, 2.05) is 19.6 Å². The lowest BCUT2D eigenvalue weighted by Gasteiger charge is -2.21. The van der Waals surface area contributed by atoms with Gasteiger partial charge in [-0.05, 0) is 37.8 Å². The molecule has 1 rings (SSSR count). The molecule has 0 aliphatic carbocycles. The molecule has 0 unspecified atom stereocenters. The smallest absolute Gasteiger partial charge is 0.341 e. The van der Waals surface area contributed by atoms with Crippen molar-refractivity contribution in [2.45, 2.75) is 24.5 Å². The third kappa shape index (κ3) is 4.52. The number of esters is 1. The van der Waals surface area contributed by atoms with E-state index < -0.39 is 23.3 Å². The van der Waals surface area contributed by atoms with E-state index in [9.17, 15) is 13.2 Å². The second kappa shape index (κ2) is 5.52. The van der Waals surface area contributed by atoms with Crippen LogP contribution >= 0.6 is 10.7 Å². The Kier molecular flexibility index (Phi) is 4.65. The van der Waals surface area contributed by atoms with E-state index in [-0.39, 0.29) is 10.5 Å². The lowest BCUT2D eigenvalue weighted by Crippen LogP contribution is -2.30. The molecule has 0 N–H and O–H groups in total. The lowest BCUT2D eigenvalue weighted by molar-refractivity contribution is 0.0598. The quantitative estimate of drug-likeness (QED) is 0.484. The van der Waals surface area contributed by atoms with Gasteiger partial charge in [0.2, 0.25) is 8.32 Å². The maximum absolute atomic E-state index is 11.7. The molecule has 1 aromatic carbocycles. The topological polar surface area (TPSA) is 69.7 Å². The monoisotopic (exact) mass is 322 g/mol. The standard InChI is InChI=1S/C11H15ClO5SSi/c1-16-11(13)9-7-8(18(12,14)15)5-6-10(9)17-19(2,3)4/h5-7H,1-4H3. The predicted molar refractivity (Wildman–Crippen MR) is 74.8 cm³/mol. The van der Waals surface area contributed by atoms with Crippen molar-refractivity contribution in [2.75, 3.05) is 7.11 Å². The average Bonchev–Trinajstić information content (AvgIpc) is 2.25. The van der Waals surface area contributed by atoms with Crippen LogP contribution in [0, 0.1) is 0 Å². The van der Waals surface area contributed by atoms with Gasteiger partial charge in [0.25, 0.3) is 9.05 Å². The van der Waals surface area contributed by atoms with Crippen LogP contribution in [0.25, 0.3) is 0 Å². The van der Waals surface area contributed by atoms with Crippen LogP contribution in [0.2, 0.25) is 19.6 Å². The van der Waals surface area contributed by atoms with Crippen molar-refractivity contribution in [1.29, 1.82) is 0 Å². The first kappa shape index (κ1) is 16.0. The molecule has 0 aliphatic rings. The number of hydrogen-bond donors (Lipinski definition) is 0. The third-order valence-electron chi connectivity index (χ3n) is 2.05. The summed E-state index contributed by atoms with van der Waals surface area (Å²) in [4.78, 5) is 11.5. The molecule has 0 fully saturated rings. The third-order valence-corrected chi connectivity index (χ3v) is 4.24. The zero-order valence-corrected chi connectivity index (χ0v) is 13.6. The molecule has 0 atom stereocenters. The van der Waals surface area contributed by atoms with Gasteiger partial charge >= 0.3 is 5.97 Å². The van der Waals surface area contributed by atoms with Crippen molar-refractivity contribution in [1.82, 2.24) is 0 Å². The van der Waals surface area contributed by atoms with E-state index in [0.29, 0.717) is 5.75 Å². The molecule has 8 heteroatoms. The Morgan fingerprint density at radius 1 is 1.26 bits per heavy atom. The highest BCUT2D eigenvalue weighted by Crippen LogP contribution is 2.27. The molecule has 0 amide bonds. The number of halogens is 1. The van der Waals surface area contributed by atoms with Gasteiger partial charge in [-0.2, -0.15) is 0 Å². The molecule has 0 aromatic heterocycles. The second-order valence-electron chi connectivity index (χ2n) is 4.80. The largest absolute Gasteiger partial charge is 0.544 e. The van der Waals surface area contributed by atoms with Gasteiger partial charge in [0, 0.05) is 10.7 Å². The number of ether oxygens (including phenoxy) is 1. The van der Waals surface area contributed by atoms with Crippen LogP contribution in [0.15, 0.2) is 23.1 Å². The normalized spacial score (nSPS) is 12.1. The van der Waals surface area contributed by atoms with Gasteiger partial charge in [-0.1, -0.05) is 0 Å². The first-order valence-corrected chi connectivity index (χ1v) is 11.1. The molecule has 0 bridgehead atoms. The summed E-state index contributed by atoms with van der Waals surface area (Å²) < 4.78 is 32.9. The van der Waals surface area contributed by atoms with Crippen LogP contribution in [0.4, 0.5) is 0 Å². The number of benzene rings is 1. The molecule has 0 saturated carbocycles. The summed E-state index contributed by atoms with van der Waals surface area (Å²) in [6, 6.07) is 3.87. The molecule has 0 radical (unpaired) electrons. The molecule has 1 aromatic rings. The van der Waals surface area contributed by atoms with E-state index >= 15 is 0 Å². The molecule has 106 valence electrons. The molecule has 19 heavy (non-hydrogen) atoms. The summed E-state index contributed by atoms with van der Waals surface area (Å²) in [5.41, 5.74) is 0.0478. The first-order valence-electron chi connectivity index (χ1n) is 5.40. The molecule has 5 nitrogen and oxygen atoms in total. The first-order chi connectivity index (χ1) is 8.54. The van der Waals surface area contributed by atoms with E-state index in [1.165, 1.54) is 19.2 Å². The maximum atomic E-state index is 11.7. The number of methoxy groups -OCH3 is 1. The zero-order chi connectivity index (χ0) is 14.8. The van der Waals surface area contributed by atoms with E-state index in [4.69, 9.17) is 15.1 Å². The minimum atomic E-state index is -3.91. The van der Waals surface area contributed by atoms with Crippen molar-refractivity contribution >= 4 is 34.0 Å². The Bertz CT molecular complexity index is 592. The summed E-state index contributed by atoms with van der Waals surface area (Å²) in [5.74, 6) is -0.370. The van der Waals surface area contributed by atoms with Gasteiger partial charge in [-0.15, -0.1) is 0 Å². The Balaban J connectivity index is 3.37. The fourth-order valence-corrected chi connectivity index (χ4v) is 2.96. The maximum Gasteiger partial charge on any atom is 0.341 e. The van der Waals surface area contributed by atoms with Crippen molar-refractivity contribution in [3.05, 3.63) is 23.8 Å². The SMILES string of the molecule is COC(=O)c1cc(S(=O)(=O)Cl)ccc1O[Si](C)(C)C. The highest BCUT2D eigenvalue weighted by molar-refractivity contribution is 8.13. The fourth-order valence-electron chi connectivity index (χ4n) is 1.35. The minimum Gasteiger partial charge on any atom is -0.544 e. The highest BCUT2D eigenvalue weighted by atomic mass is 35.7. The van der Waals surface area contributed by atoms with Crippen LogP contribution in [-0.2, 0) is 13.8 Å². The number of hydrogen-bond acceptors (Lipinski definition) is 5. The number of carbonyl (C=O) groups is 1. The van der Waals surface area contributed by atoms with Crippen molar-refractivity contribution in [2.24, 2.45) is 0 Å². The van der Waals surface area contributed by atoms with Gasteiger partial charge < -0.3 is 9.16 Å². The molecule has 0 heterocycles. The van der Waals surface area contributed by atoms with E-state index in [2.05, 4.69) is 4.74 Å². The average molecular weight is 323 g/mol. The molecular formula is C11H15ClO5SSi. The molecule has 0 aliphatic heterocycles. The summed E-state index contributed by atoms with van der Waals surface area (Å²) in [6.45, 7) is 5.83. The van der Waals surface area contributed by atoms with Gasteiger partial charge in [0.05, 0.1) is 12.0 Å². The Hall–Kier alpha value is -1.05. The van der Waals surface area contributed by atoms with Crippen molar-refractivity contribution < 1.29 is 22.4 Å². The van der Waals surface area contributed by atoms with E-state index in [1.54, 1.807) is 0 Å². The predicted octanol–water partition coefficient (Wildman–Crippen LogP) is 2.61. The van der Waals surface area contributed by atoms with Gasteiger partial charge in [0.1, 0.15) is 11.3 Å². The number of carbonyl (C=O) groups excluding carboxylic acids is 1.